The summed E-state index contributed by atoms with van der Waals surface area (Å²) in [6.45, 7) is 11.7. The molecule has 18 heavy (non-hydrogen) atoms. The van der Waals surface area contributed by atoms with Crippen LogP contribution in [0.4, 0.5) is 0 Å². The molecule has 3 atom stereocenters. The van der Waals surface area contributed by atoms with Crippen molar-refractivity contribution >= 4 is 5.91 Å². The Bertz CT molecular complexity index is 276. The molecule has 0 spiro atoms. The second-order valence-electron chi connectivity index (χ2n) is 6.96. The zero-order valence-corrected chi connectivity index (χ0v) is 12.6. The van der Waals surface area contributed by atoms with Crippen LogP contribution in [0.3, 0.4) is 0 Å². The Hall–Kier alpha value is -0.570. The third-order valence-electron chi connectivity index (χ3n) is 4.86. The summed E-state index contributed by atoms with van der Waals surface area (Å²) in [7, 11) is 0. The van der Waals surface area contributed by atoms with Crippen molar-refractivity contribution in [3.05, 3.63) is 0 Å². The minimum absolute atomic E-state index is 0.00159. The summed E-state index contributed by atoms with van der Waals surface area (Å²) < 4.78 is 0. The van der Waals surface area contributed by atoms with E-state index in [9.17, 15) is 4.79 Å². The fourth-order valence-corrected chi connectivity index (χ4v) is 2.55. The van der Waals surface area contributed by atoms with E-state index in [-0.39, 0.29) is 23.3 Å². The third-order valence-corrected chi connectivity index (χ3v) is 4.86. The van der Waals surface area contributed by atoms with Crippen molar-refractivity contribution in [2.45, 2.75) is 59.9 Å². The van der Waals surface area contributed by atoms with Crippen molar-refractivity contribution in [2.75, 3.05) is 6.54 Å². The van der Waals surface area contributed by atoms with Gasteiger partial charge in [-0.1, -0.05) is 41.0 Å². The Balaban J connectivity index is 2.54. The van der Waals surface area contributed by atoms with Crippen molar-refractivity contribution in [1.82, 2.24) is 5.32 Å². The highest BCUT2D eigenvalue weighted by molar-refractivity contribution is 5.79. The summed E-state index contributed by atoms with van der Waals surface area (Å²) >= 11 is 0. The molecular weight excluding hydrogens is 224 g/mol. The average molecular weight is 254 g/mol. The molecule has 0 radical (unpaired) electrons. The van der Waals surface area contributed by atoms with Gasteiger partial charge in [-0.15, -0.1) is 0 Å². The van der Waals surface area contributed by atoms with Crippen LogP contribution in [0.5, 0.6) is 0 Å². The molecular formula is C15H30N2O. The topological polar surface area (TPSA) is 55.1 Å². The predicted octanol–water partition coefficient (Wildman–Crippen LogP) is 2.55. The maximum atomic E-state index is 12.3. The van der Waals surface area contributed by atoms with Gasteiger partial charge in [0.15, 0.2) is 0 Å². The predicted molar refractivity (Wildman–Crippen MR) is 76.1 cm³/mol. The highest BCUT2D eigenvalue weighted by Gasteiger charge is 2.34. The van der Waals surface area contributed by atoms with Gasteiger partial charge in [0.25, 0.3) is 0 Å². The summed E-state index contributed by atoms with van der Waals surface area (Å²) in [4.78, 5) is 12.3. The van der Waals surface area contributed by atoms with Crippen molar-refractivity contribution < 1.29 is 4.79 Å². The van der Waals surface area contributed by atoms with Gasteiger partial charge in [-0.2, -0.15) is 0 Å². The molecule has 1 fully saturated rings. The molecule has 3 nitrogen and oxygen atoms in total. The maximum Gasteiger partial charge on any atom is 0.224 e. The molecule has 0 saturated heterocycles. The molecule has 3 unspecified atom stereocenters. The van der Waals surface area contributed by atoms with Crippen LogP contribution in [-0.2, 0) is 4.79 Å². The minimum Gasteiger partial charge on any atom is -0.355 e. The molecule has 0 heterocycles. The van der Waals surface area contributed by atoms with Crippen LogP contribution < -0.4 is 11.1 Å². The lowest BCUT2D eigenvalue weighted by atomic mass is 9.76. The first-order valence-corrected chi connectivity index (χ1v) is 7.29. The molecule has 1 rings (SSSR count). The van der Waals surface area contributed by atoms with Gasteiger partial charge in [0.05, 0.1) is 5.92 Å². The number of rotatable bonds is 4. The van der Waals surface area contributed by atoms with E-state index in [1.54, 1.807) is 0 Å². The summed E-state index contributed by atoms with van der Waals surface area (Å²) in [5, 5.41) is 3.12. The first-order valence-electron chi connectivity index (χ1n) is 7.29. The fraction of sp³-hybridized carbons (Fsp3) is 0.933. The standard InChI is InChI=1S/C15H30N2O/c1-10(2)15(4,5)9-17-14(18)13-11(3)7-6-8-12(13)16/h10-13H,6-9,16H2,1-5H3,(H,17,18). The van der Waals surface area contributed by atoms with Crippen LogP contribution in [0.25, 0.3) is 0 Å². The van der Waals surface area contributed by atoms with E-state index in [4.69, 9.17) is 5.73 Å². The normalized spacial score (nSPS) is 29.4. The lowest BCUT2D eigenvalue weighted by Gasteiger charge is -2.35. The van der Waals surface area contributed by atoms with Gasteiger partial charge in [-0.3, -0.25) is 4.79 Å². The Kier molecular flexibility index (Phi) is 5.20. The van der Waals surface area contributed by atoms with E-state index in [0.29, 0.717) is 11.8 Å². The van der Waals surface area contributed by atoms with Crippen LogP contribution >= 0.6 is 0 Å². The Morgan fingerprint density at radius 2 is 2.00 bits per heavy atom. The molecule has 3 heteroatoms. The van der Waals surface area contributed by atoms with E-state index in [2.05, 4.69) is 39.9 Å². The van der Waals surface area contributed by atoms with Crippen molar-refractivity contribution in [3.63, 3.8) is 0 Å². The minimum atomic E-state index is 0.00159. The average Bonchev–Trinajstić information content (AvgIpc) is 2.26. The van der Waals surface area contributed by atoms with E-state index in [0.717, 1.165) is 25.8 Å². The van der Waals surface area contributed by atoms with Gasteiger partial charge in [0, 0.05) is 12.6 Å². The number of carbonyl (C=O) groups is 1. The molecule has 1 amide bonds. The largest absolute Gasteiger partial charge is 0.355 e. The van der Waals surface area contributed by atoms with Crippen LogP contribution in [0.15, 0.2) is 0 Å². The molecule has 0 aromatic rings. The van der Waals surface area contributed by atoms with Crippen molar-refractivity contribution in [3.8, 4) is 0 Å². The number of amides is 1. The van der Waals surface area contributed by atoms with Crippen molar-refractivity contribution in [2.24, 2.45) is 28.9 Å². The lowest BCUT2D eigenvalue weighted by molar-refractivity contribution is -0.128. The molecule has 106 valence electrons. The zero-order chi connectivity index (χ0) is 13.9. The Morgan fingerprint density at radius 3 is 2.50 bits per heavy atom. The SMILES string of the molecule is CC1CCCC(N)C1C(=O)NCC(C)(C)C(C)C. The van der Waals surface area contributed by atoms with E-state index < -0.39 is 0 Å². The van der Waals surface area contributed by atoms with Gasteiger partial charge >= 0.3 is 0 Å². The second kappa shape index (κ2) is 6.05. The van der Waals surface area contributed by atoms with Crippen molar-refractivity contribution in [1.29, 1.82) is 0 Å². The number of hydrogen-bond acceptors (Lipinski definition) is 2. The van der Waals surface area contributed by atoms with E-state index in [1.165, 1.54) is 0 Å². The molecule has 0 bridgehead atoms. The summed E-state index contributed by atoms with van der Waals surface area (Å²) in [6.07, 6.45) is 3.26. The smallest absolute Gasteiger partial charge is 0.224 e. The van der Waals surface area contributed by atoms with E-state index in [1.807, 2.05) is 0 Å². The van der Waals surface area contributed by atoms with Crippen LogP contribution in [0.2, 0.25) is 0 Å². The van der Waals surface area contributed by atoms with Gasteiger partial charge < -0.3 is 11.1 Å². The molecule has 0 aromatic carbocycles. The number of nitrogens with two attached hydrogens (primary N) is 1. The van der Waals surface area contributed by atoms with E-state index >= 15 is 0 Å². The monoisotopic (exact) mass is 254 g/mol. The summed E-state index contributed by atoms with van der Waals surface area (Å²) in [6, 6.07) is 0.0379. The van der Waals surface area contributed by atoms with Crippen LogP contribution in [0, 0.1) is 23.2 Å². The number of nitrogens with one attached hydrogen (secondary N) is 1. The highest BCUT2D eigenvalue weighted by Crippen LogP contribution is 2.30. The first-order chi connectivity index (χ1) is 8.25. The van der Waals surface area contributed by atoms with Gasteiger partial charge in [0.2, 0.25) is 5.91 Å². The molecule has 0 aromatic heterocycles. The van der Waals surface area contributed by atoms with Crippen LogP contribution in [-0.4, -0.2) is 18.5 Å². The number of hydrogen-bond donors (Lipinski definition) is 2. The Morgan fingerprint density at radius 1 is 1.39 bits per heavy atom. The zero-order valence-electron chi connectivity index (χ0n) is 12.6. The number of carbonyl (C=O) groups excluding carboxylic acids is 1. The van der Waals surface area contributed by atoms with Crippen LogP contribution in [0.1, 0.15) is 53.9 Å². The molecule has 1 saturated carbocycles. The quantitative estimate of drug-likeness (QED) is 0.810. The highest BCUT2D eigenvalue weighted by atomic mass is 16.1. The molecule has 3 N–H and O–H groups in total. The Labute approximate surface area is 112 Å². The summed E-state index contributed by atoms with van der Waals surface area (Å²) in [5.41, 5.74) is 6.25. The molecule has 0 aliphatic heterocycles. The first kappa shape index (κ1) is 15.5. The van der Waals surface area contributed by atoms with Gasteiger partial charge in [-0.05, 0) is 30.1 Å². The maximum absolute atomic E-state index is 12.3. The lowest BCUT2D eigenvalue weighted by Crippen LogP contribution is -2.49. The molecule has 1 aliphatic rings. The third kappa shape index (κ3) is 3.71. The second-order valence-corrected chi connectivity index (χ2v) is 6.96. The molecule has 1 aliphatic carbocycles. The van der Waals surface area contributed by atoms with Gasteiger partial charge in [-0.25, -0.2) is 0 Å². The van der Waals surface area contributed by atoms with Gasteiger partial charge in [0.1, 0.15) is 0 Å². The fourth-order valence-electron chi connectivity index (χ4n) is 2.55. The summed E-state index contributed by atoms with van der Waals surface area (Å²) in [5.74, 6) is 1.12.